The van der Waals surface area contributed by atoms with Gasteiger partial charge in [0.15, 0.2) is 0 Å². The smallest absolute Gasteiger partial charge is 0.396 e. The molecule has 21 heavy (non-hydrogen) atoms. The molecule has 0 unspecified atom stereocenters. The Balaban J connectivity index is 3.94. The number of alkyl halides is 5. The number of rotatable bonds is 11. The van der Waals surface area contributed by atoms with Gasteiger partial charge in [-0.25, -0.2) is 8.42 Å². The molecule has 0 radical (unpaired) electrons. The standard InChI is InChI=1S/C12H21F5O3S/c13-11(14,12(15,16)17)7-6-10-21(19,20)9-5-3-1-2-4-8-18/h18H,1-10H2. The summed E-state index contributed by atoms with van der Waals surface area (Å²) in [5.74, 6) is -5.70. The van der Waals surface area contributed by atoms with E-state index in [1.54, 1.807) is 0 Å². The quantitative estimate of drug-likeness (QED) is 0.464. The van der Waals surface area contributed by atoms with Gasteiger partial charge < -0.3 is 5.11 Å². The van der Waals surface area contributed by atoms with Crippen LogP contribution in [0.2, 0.25) is 0 Å². The van der Waals surface area contributed by atoms with Gasteiger partial charge in [0.1, 0.15) is 9.84 Å². The summed E-state index contributed by atoms with van der Waals surface area (Å²) in [4.78, 5) is 0. The number of aliphatic hydroxyl groups excluding tert-OH is 1. The zero-order valence-corrected chi connectivity index (χ0v) is 12.4. The highest BCUT2D eigenvalue weighted by Gasteiger charge is 2.56. The zero-order chi connectivity index (χ0) is 16.6. The Hall–Kier alpha value is -0.440. The minimum Gasteiger partial charge on any atom is -0.396 e. The maximum atomic E-state index is 12.6. The van der Waals surface area contributed by atoms with Crippen LogP contribution in [0.4, 0.5) is 22.0 Å². The second-order valence-electron chi connectivity index (χ2n) is 4.95. The molecule has 0 aliphatic carbocycles. The van der Waals surface area contributed by atoms with E-state index in [1.807, 2.05) is 0 Å². The van der Waals surface area contributed by atoms with Crippen LogP contribution in [-0.4, -0.2) is 43.7 Å². The summed E-state index contributed by atoms with van der Waals surface area (Å²) in [6.07, 6.45) is -4.72. The number of sulfone groups is 1. The Morgan fingerprint density at radius 1 is 0.762 bits per heavy atom. The van der Waals surface area contributed by atoms with Crippen LogP contribution in [0, 0.1) is 0 Å². The lowest BCUT2D eigenvalue weighted by atomic mass is 10.2. The van der Waals surface area contributed by atoms with Crippen LogP contribution in [0.1, 0.15) is 44.9 Å². The number of hydrogen-bond acceptors (Lipinski definition) is 3. The number of aliphatic hydroxyl groups is 1. The molecule has 0 bridgehead atoms. The molecule has 0 aliphatic heterocycles. The second kappa shape index (κ2) is 8.87. The average molecular weight is 340 g/mol. The average Bonchev–Trinajstić information content (AvgIpc) is 2.31. The third kappa shape index (κ3) is 9.23. The van der Waals surface area contributed by atoms with Crippen molar-refractivity contribution in [3.8, 4) is 0 Å². The monoisotopic (exact) mass is 340 g/mol. The highest BCUT2D eigenvalue weighted by Crippen LogP contribution is 2.38. The van der Waals surface area contributed by atoms with Crippen molar-refractivity contribution in [3.05, 3.63) is 0 Å². The van der Waals surface area contributed by atoms with Crippen molar-refractivity contribution < 1.29 is 35.5 Å². The molecule has 0 aromatic heterocycles. The lowest BCUT2D eigenvalue weighted by molar-refractivity contribution is -0.284. The minimum atomic E-state index is -5.64. The summed E-state index contributed by atoms with van der Waals surface area (Å²) in [6, 6.07) is 0. The normalized spacial score (nSPS) is 13.6. The van der Waals surface area contributed by atoms with Gasteiger partial charge >= 0.3 is 12.1 Å². The van der Waals surface area contributed by atoms with Crippen LogP contribution in [-0.2, 0) is 9.84 Å². The molecule has 0 spiro atoms. The fraction of sp³-hybridized carbons (Fsp3) is 1.00. The Morgan fingerprint density at radius 2 is 1.24 bits per heavy atom. The molecule has 0 fully saturated rings. The minimum absolute atomic E-state index is 0.0751. The SMILES string of the molecule is O=S(=O)(CCCCCCCO)CCCC(F)(F)C(F)(F)F. The van der Waals surface area contributed by atoms with E-state index < -0.39 is 40.5 Å². The Labute approximate surface area is 121 Å². The fourth-order valence-electron chi connectivity index (χ4n) is 1.72. The molecule has 1 N–H and O–H groups in total. The first-order valence-corrected chi connectivity index (χ1v) is 8.60. The third-order valence-corrected chi connectivity index (χ3v) is 4.80. The van der Waals surface area contributed by atoms with Crippen molar-refractivity contribution in [1.29, 1.82) is 0 Å². The molecule has 0 amide bonds. The van der Waals surface area contributed by atoms with Crippen LogP contribution in [0.25, 0.3) is 0 Å². The fourth-order valence-corrected chi connectivity index (χ4v) is 3.15. The lowest BCUT2D eigenvalue weighted by Gasteiger charge is -2.19. The summed E-state index contributed by atoms with van der Waals surface area (Å²) in [5, 5.41) is 8.53. The van der Waals surface area contributed by atoms with Crippen LogP contribution in [0.3, 0.4) is 0 Å². The van der Waals surface area contributed by atoms with E-state index in [9.17, 15) is 30.4 Å². The Morgan fingerprint density at radius 3 is 1.76 bits per heavy atom. The van der Waals surface area contributed by atoms with E-state index in [0.717, 1.165) is 12.8 Å². The van der Waals surface area contributed by atoms with E-state index in [2.05, 4.69) is 0 Å². The van der Waals surface area contributed by atoms with Gasteiger partial charge in [-0.05, 0) is 19.3 Å². The molecule has 0 atom stereocenters. The predicted octanol–water partition coefficient (Wildman–Crippen LogP) is 3.32. The van der Waals surface area contributed by atoms with Crippen LogP contribution >= 0.6 is 0 Å². The van der Waals surface area contributed by atoms with Gasteiger partial charge in [0.25, 0.3) is 0 Å². The van der Waals surface area contributed by atoms with Crippen molar-refractivity contribution in [2.75, 3.05) is 18.1 Å². The van der Waals surface area contributed by atoms with Gasteiger partial charge in [0.2, 0.25) is 0 Å². The van der Waals surface area contributed by atoms with E-state index in [0.29, 0.717) is 19.3 Å². The molecule has 0 heterocycles. The first-order chi connectivity index (χ1) is 9.52. The molecule has 3 nitrogen and oxygen atoms in total. The highest BCUT2D eigenvalue weighted by molar-refractivity contribution is 7.91. The lowest BCUT2D eigenvalue weighted by Crippen LogP contribution is -2.36. The van der Waals surface area contributed by atoms with Crippen molar-refractivity contribution in [2.45, 2.75) is 57.0 Å². The molecule has 0 saturated heterocycles. The maximum Gasteiger partial charge on any atom is 0.453 e. The first kappa shape index (κ1) is 20.6. The van der Waals surface area contributed by atoms with Crippen molar-refractivity contribution in [1.82, 2.24) is 0 Å². The van der Waals surface area contributed by atoms with Crippen LogP contribution in [0.15, 0.2) is 0 Å². The summed E-state index contributed by atoms with van der Waals surface area (Å²) < 4.78 is 83.8. The topological polar surface area (TPSA) is 54.4 Å². The van der Waals surface area contributed by atoms with Gasteiger partial charge in [-0.3, -0.25) is 0 Å². The first-order valence-electron chi connectivity index (χ1n) is 6.78. The molecule has 0 aromatic carbocycles. The van der Waals surface area contributed by atoms with Crippen molar-refractivity contribution in [3.63, 3.8) is 0 Å². The molecule has 0 aromatic rings. The van der Waals surface area contributed by atoms with E-state index in [1.165, 1.54) is 0 Å². The van der Waals surface area contributed by atoms with Gasteiger partial charge in [-0.2, -0.15) is 22.0 Å². The Kier molecular flexibility index (Phi) is 8.69. The molecule has 9 heteroatoms. The van der Waals surface area contributed by atoms with Crippen molar-refractivity contribution in [2.24, 2.45) is 0 Å². The molecule has 0 saturated carbocycles. The zero-order valence-electron chi connectivity index (χ0n) is 11.6. The molecule has 128 valence electrons. The molecule has 0 aliphatic rings. The Bertz CT molecular complexity index is 379. The number of halogens is 5. The summed E-state index contributed by atoms with van der Waals surface area (Å²) in [5.41, 5.74) is 0. The van der Waals surface area contributed by atoms with E-state index >= 15 is 0 Å². The molecular weight excluding hydrogens is 319 g/mol. The molecule has 0 rings (SSSR count). The number of hydrogen-bond donors (Lipinski definition) is 1. The van der Waals surface area contributed by atoms with Gasteiger partial charge in [-0.1, -0.05) is 19.3 Å². The molecular formula is C12H21F5O3S. The summed E-state index contributed by atoms with van der Waals surface area (Å²) in [6.45, 7) is 0.0751. The van der Waals surface area contributed by atoms with E-state index in [4.69, 9.17) is 5.11 Å². The van der Waals surface area contributed by atoms with Crippen LogP contribution < -0.4 is 0 Å². The summed E-state index contributed by atoms with van der Waals surface area (Å²) in [7, 11) is -3.59. The van der Waals surface area contributed by atoms with E-state index in [-0.39, 0.29) is 12.4 Å². The maximum absolute atomic E-state index is 12.6. The van der Waals surface area contributed by atoms with Crippen LogP contribution in [0.5, 0.6) is 0 Å². The second-order valence-corrected chi connectivity index (χ2v) is 7.25. The largest absolute Gasteiger partial charge is 0.453 e. The summed E-state index contributed by atoms with van der Waals surface area (Å²) >= 11 is 0. The predicted molar refractivity (Wildman–Crippen MR) is 69.1 cm³/mol. The third-order valence-electron chi connectivity index (χ3n) is 2.97. The van der Waals surface area contributed by atoms with Gasteiger partial charge in [0.05, 0.1) is 11.5 Å². The van der Waals surface area contributed by atoms with Gasteiger partial charge in [-0.15, -0.1) is 0 Å². The van der Waals surface area contributed by atoms with Gasteiger partial charge in [0, 0.05) is 13.0 Å². The number of unbranched alkanes of at least 4 members (excludes halogenated alkanes) is 4. The van der Waals surface area contributed by atoms with Crippen molar-refractivity contribution >= 4 is 9.84 Å². The highest BCUT2D eigenvalue weighted by atomic mass is 32.2.